The summed E-state index contributed by atoms with van der Waals surface area (Å²) in [6.45, 7) is 1.16. The molecular formula is C32H31N7O2. The van der Waals surface area contributed by atoms with Gasteiger partial charge in [0.25, 0.3) is 0 Å². The molecule has 0 saturated heterocycles. The summed E-state index contributed by atoms with van der Waals surface area (Å²) in [5.41, 5.74) is 10.7. The van der Waals surface area contributed by atoms with Gasteiger partial charge in [0, 0.05) is 36.8 Å². The molecule has 206 valence electrons. The molecule has 0 aliphatic rings. The fourth-order valence-corrected chi connectivity index (χ4v) is 4.64. The molecule has 0 aliphatic carbocycles. The molecule has 0 radical (unpaired) electrons. The first-order valence-electron chi connectivity index (χ1n) is 13.2. The van der Waals surface area contributed by atoms with Crippen molar-refractivity contribution in [2.75, 3.05) is 7.11 Å². The van der Waals surface area contributed by atoms with E-state index in [0.29, 0.717) is 36.6 Å². The highest BCUT2D eigenvalue weighted by molar-refractivity contribution is 5.95. The number of carbonyl (C=O) groups excluding carboxylic acids is 1. The van der Waals surface area contributed by atoms with Crippen LogP contribution in [0.2, 0.25) is 0 Å². The number of imidazole rings is 1. The van der Waals surface area contributed by atoms with Crippen molar-refractivity contribution < 1.29 is 9.53 Å². The molecule has 0 spiro atoms. The van der Waals surface area contributed by atoms with Gasteiger partial charge in [0.15, 0.2) is 5.82 Å². The van der Waals surface area contributed by atoms with Crippen LogP contribution in [0.5, 0.6) is 0 Å². The minimum atomic E-state index is -0.546. The van der Waals surface area contributed by atoms with Crippen LogP contribution in [0.15, 0.2) is 110 Å². The molecule has 0 amide bonds. The number of nitrogens with two attached hydrogens (primary N) is 1. The number of nitrogen functional groups attached to an aromatic ring is 1. The van der Waals surface area contributed by atoms with Crippen molar-refractivity contribution >= 4 is 11.8 Å². The van der Waals surface area contributed by atoms with Gasteiger partial charge >= 0.3 is 5.97 Å². The lowest BCUT2D eigenvalue weighted by Gasteiger charge is -2.29. The monoisotopic (exact) mass is 545 g/mol. The van der Waals surface area contributed by atoms with Gasteiger partial charge in [0.1, 0.15) is 18.2 Å². The van der Waals surface area contributed by atoms with Crippen molar-refractivity contribution in [1.29, 1.82) is 5.41 Å². The molecule has 1 atom stereocenters. The van der Waals surface area contributed by atoms with E-state index in [1.54, 1.807) is 23.0 Å². The smallest absolute Gasteiger partial charge is 0.323 e. The Balaban J connectivity index is 1.36. The molecule has 9 nitrogen and oxygen atoms in total. The van der Waals surface area contributed by atoms with Crippen LogP contribution in [0.1, 0.15) is 22.4 Å². The number of methoxy groups -OCH3 is 1. The van der Waals surface area contributed by atoms with Gasteiger partial charge in [-0.25, -0.2) is 4.98 Å². The van der Waals surface area contributed by atoms with Gasteiger partial charge in [-0.1, -0.05) is 84.9 Å². The third-order valence-corrected chi connectivity index (χ3v) is 6.82. The first-order chi connectivity index (χ1) is 20.0. The molecule has 3 N–H and O–H groups in total. The lowest BCUT2D eigenvalue weighted by molar-refractivity contribution is -0.147. The standard InChI is InChI=1S/C32H31N7O2/c1-41-32(40)29(38(19-23-8-4-2-5-9-23)20-24-10-6-3-7-11-24)18-27-21-39(22-35-27)30-17-16-28(36-37-30)25-12-14-26(15-13-25)31(33)34/h2-17,21-22,29H,18-20H2,1H3,(H3,33,34). The molecular weight excluding hydrogens is 514 g/mol. The van der Waals surface area contributed by atoms with Crippen LogP contribution in [0.4, 0.5) is 0 Å². The zero-order valence-electron chi connectivity index (χ0n) is 22.7. The summed E-state index contributed by atoms with van der Waals surface area (Å²) in [6.07, 6.45) is 3.91. The summed E-state index contributed by atoms with van der Waals surface area (Å²) in [5.74, 6) is 0.311. The number of ether oxygens (including phenoxy) is 1. The number of benzene rings is 3. The predicted octanol–water partition coefficient (Wildman–Crippen LogP) is 4.40. The third kappa shape index (κ3) is 6.90. The zero-order chi connectivity index (χ0) is 28.6. The molecule has 41 heavy (non-hydrogen) atoms. The van der Waals surface area contributed by atoms with E-state index in [-0.39, 0.29) is 11.8 Å². The van der Waals surface area contributed by atoms with E-state index < -0.39 is 6.04 Å². The van der Waals surface area contributed by atoms with E-state index in [1.165, 1.54) is 7.11 Å². The Hall–Kier alpha value is -5.15. The second-order valence-electron chi connectivity index (χ2n) is 9.66. The van der Waals surface area contributed by atoms with Gasteiger partial charge in [-0.2, -0.15) is 0 Å². The van der Waals surface area contributed by atoms with Crippen molar-refractivity contribution in [2.45, 2.75) is 25.6 Å². The molecule has 9 heteroatoms. The lowest BCUT2D eigenvalue weighted by atomic mass is 10.1. The summed E-state index contributed by atoms with van der Waals surface area (Å²) in [6, 6.07) is 30.7. The topological polar surface area (TPSA) is 123 Å². The normalized spacial score (nSPS) is 11.8. The van der Waals surface area contributed by atoms with Crippen LogP contribution in [-0.2, 0) is 29.0 Å². The maximum Gasteiger partial charge on any atom is 0.323 e. The Morgan fingerprint density at radius 2 is 1.54 bits per heavy atom. The molecule has 0 saturated carbocycles. The predicted molar refractivity (Wildman–Crippen MR) is 157 cm³/mol. The van der Waals surface area contributed by atoms with Crippen molar-refractivity contribution in [3.8, 4) is 17.1 Å². The van der Waals surface area contributed by atoms with Crippen LogP contribution in [0.25, 0.3) is 17.1 Å². The van der Waals surface area contributed by atoms with Crippen molar-refractivity contribution in [3.63, 3.8) is 0 Å². The number of esters is 1. The number of hydrogen-bond donors (Lipinski definition) is 2. The average molecular weight is 546 g/mol. The average Bonchev–Trinajstić information content (AvgIpc) is 3.49. The van der Waals surface area contributed by atoms with Gasteiger partial charge < -0.3 is 10.5 Å². The second kappa shape index (κ2) is 12.8. The molecule has 0 fully saturated rings. The van der Waals surface area contributed by atoms with Crippen molar-refractivity contribution in [1.82, 2.24) is 24.6 Å². The maximum atomic E-state index is 13.1. The number of rotatable bonds is 11. The van der Waals surface area contributed by atoms with Gasteiger partial charge in [-0.15, -0.1) is 10.2 Å². The molecule has 3 aromatic carbocycles. The highest BCUT2D eigenvalue weighted by Gasteiger charge is 2.28. The Bertz CT molecular complexity index is 1540. The first-order valence-corrected chi connectivity index (χ1v) is 13.2. The van der Waals surface area contributed by atoms with Crippen LogP contribution < -0.4 is 5.73 Å². The largest absolute Gasteiger partial charge is 0.468 e. The second-order valence-corrected chi connectivity index (χ2v) is 9.66. The summed E-state index contributed by atoms with van der Waals surface area (Å²) in [7, 11) is 1.42. The number of amidine groups is 1. The number of hydrogen-bond acceptors (Lipinski definition) is 7. The SMILES string of the molecule is COC(=O)C(Cc1cn(-c2ccc(-c3ccc(C(=N)N)cc3)nn2)cn1)N(Cc1ccccc1)Cc1ccccc1. The molecule has 2 heterocycles. The van der Waals surface area contributed by atoms with E-state index in [2.05, 4.69) is 44.3 Å². The Morgan fingerprint density at radius 1 is 0.902 bits per heavy atom. The molecule has 0 bridgehead atoms. The van der Waals surface area contributed by atoms with Gasteiger partial charge in [-0.3, -0.25) is 19.7 Å². The van der Waals surface area contributed by atoms with E-state index in [4.69, 9.17) is 15.9 Å². The third-order valence-electron chi connectivity index (χ3n) is 6.82. The van der Waals surface area contributed by atoms with Crippen molar-refractivity contribution in [2.24, 2.45) is 5.73 Å². The van der Waals surface area contributed by atoms with Gasteiger partial charge in [0.05, 0.1) is 18.5 Å². The number of nitrogens with one attached hydrogen (secondary N) is 1. The van der Waals surface area contributed by atoms with Gasteiger partial charge in [0.2, 0.25) is 0 Å². The number of aromatic nitrogens is 4. The summed E-state index contributed by atoms with van der Waals surface area (Å²) in [4.78, 5) is 19.8. The summed E-state index contributed by atoms with van der Waals surface area (Å²) in [5, 5.41) is 16.3. The maximum absolute atomic E-state index is 13.1. The fourth-order valence-electron chi connectivity index (χ4n) is 4.64. The van der Waals surface area contributed by atoms with E-state index >= 15 is 0 Å². The van der Waals surface area contributed by atoms with E-state index in [1.807, 2.05) is 66.9 Å². The number of nitrogens with zero attached hydrogens (tertiary/aromatic N) is 5. The number of carbonyl (C=O) groups is 1. The minimum absolute atomic E-state index is 0.0200. The van der Waals surface area contributed by atoms with Gasteiger partial charge in [-0.05, 0) is 23.3 Å². The van der Waals surface area contributed by atoms with Crippen molar-refractivity contribution in [3.05, 3.63) is 132 Å². The van der Waals surface area contributed by atoms with Crippen LogP contribution in [0.3, 0.4) is 0 Å². The van der Waals surface area contributed by atoms with Crippen LogP contribution in [0, 0.1) is 5.41 Å². The first kappa shape index (κ1) is 27.4. The van der Waals surface area contributed by atoms with E-state index in [9.17, 15) is 4.79 Å². The quantitative estimate of drug-likeness (QED) is 0.143. The molecule has 0 aliphatic heterocycles. The molecule has 1 unspecified atom stereocenters. The lowest BCUT2D eigenvalue weighted by Crippen LogP contribution is -2.42. The Morgan fingerprint density at radius 3 is 2.07 bits per heavy atom. The Labute approximate surface area is 238 Å². The highest BCUT2D eigenvalue weighted by Crippen LogP contribution is 2.20. The zero-order valence-corrected chi connectivity index (χ0v) is 22.7. The fraction of sp³-hybridized carbons (Fsp3) is 0.156. The molecule has 5 aromatic rings. The molecule has 2 aromatic heterocycles. The summed E-state index contributed by atoms with van der Waals surface area (Å²) >= 11 is 0. The van der Waals surface area contributed by atoms with Crippen LogP contribution >= 0.6 is 0 Å². The highest BCUT2D eigenvalue weighted by atomic mass is 16.5. The summed E-state index contributed by atoms with van der Waals surface area (Å²) < 4.78 is 7.04. The minimum Gasteiger partial charge on any atom is -0.468 e. The van der Waals surface area contributed by atoms with E-state index in [0.717, 1.165) is 22.4 Å². The Kier molecular flexibility index (Phi) is 8.56. The van der Waals surface area contributed by atoms with Crippen LogP contribution in [-0.4, -0.2) is 49.6 Å². The molecule has 5 rings (SSSR count).